The van der Waals surface area contributed by atoms with Crippen molar-refractivity contribution in [3.63, 3.8) is 0 Å². The fourth-order valence-corrected chi connectivity index (χ4v) is 6.09. The van der Waals surface area contributed by atoms with E-state index in [0.717, 1.165) is 31.2 Å². The van der Waals surface area contributed by atoms with Crippen molar-refractivity contribution < 1.29 is 18.4 Å². The molecule has 7 heteroatoms. The van der Waals surface area contributed by atoms with Crippen molar-refractivity contribution in [3.05, 3.63) is 71.3 Å². The molecular weight excluding hydrogens is 418 g/mol. The van der Waals surface area contributed by atoms with E-state index in [2.05, 4.69) is 5.32 Å². The highest BCUT2D eigenvalue weighted by molar-refractivity contribution is 8.00. The van der Waals surface area contributed by atoms with Gasteiger partial charge in [0.25, 0.3) is 5.91 Å². The van der Waals surface area contributed by atoms with E-state index in [1.165, 1.54) is 36.8 Å². The van der Waals surface area contributed by atoms with Crippen LogP contribution in [0.2, 0.25) is 0 Å². The second kappa shape index (κ2) is 9.81. The second-order valence-electron chi connectivity index (χ2n) is 8.20. The maximum atomic E-state index is 13.8. The number of nitrogens with zero attached hydrogens (tertiary/aromatic N) is 1. The van der Waals surface area contributed by atoms with Crippen LogP contribution in [0, 0.1) is 17.6 Å². The molecular formula is C24H26F2N2O2S. The van der Waals surface area contributed by atoms with E-state index >= 15 is 0 Å². The third-order valence-electron chi connectivity index (χ3n) is 6.08. The maximum Gasteiger partial charge on any atom is 0.255 e. The monoisotopic (exact) mass is 444 g/mol. The van der Waals surface area contributed by atoms with E-state index in [1.54, 1.807) is 34.9 Å². The number of hydrogen-bond donors (Lipinski definition) is 1. The van der Waals surface area contributed by atoms with E-state index in [-0.39, 0.29) is 35.1 Å². The zero-order valence-electron chi connectivity index (χ0n) is 17.2. The van der Waals surface area contributed by atoms with Crippen molar-refractivity contribution in [2.75, 3.05) is 5.75 Å². The largest absolute Gasteiger partial charge is 0.350 e. The second-order valence-corrected chi connectivity index (χ2v) is 9.35. The summed E-state index contributed by atoms with van der Waals surface area (Å²) in [6.45, 7) is 0.260. The molecule has 1 N–H and O–H groups in total. The van der Waals surface area contributed by atoms with E-state index < -0.39 is 11.9 Å². The zero-order valence-corrected chi connectivity index (χ0v) is 18.0. The Morgan fingerprint density at radius 3 is 2.45 bits per heavy atom. The predicted octanol–water partition coefficient (Wildman–Crippen LogP) is 4.75. The molecule has 2 fully saturated rings. The molecule has 164 valence electrons. The van der Waals surface area contributed by atoms with Crippen LogP contribution in [0.25, 0.3) is 0 Å². The first-order chi connectivity index (χ1) is 15.0. The Kier molecular flexibility index (Phi) is 6.90. The molecule has 0 bridgehead atoms. The SMILES string of the molecule is O=C(NCc1ccc(F)cc1)C1CSC(C2CCCCC2)N1C(=O)c1cccc(F)c1. The molecule has 1 heterocycles. The van der Waals surface area contributed by atoms with E-state index in [9.17, 15) is 18.4 Å². The van der Waals surface area contributed by atoms with Crippen molar-refractivity contribution in [1.82, 2.24) is 10.2 Å². The van der Waals surface area contributed by atoms with Gasteiger partial charge in [0.1, 0.15) is 17.7 Å². The fraction of sp³-hybridized carbons (Fsp3) is 0.417. The molecule has 1 aliphatic heterocycles. The highest BCUT2D eigenvalue weighted by Gasteiger charge is 2.45. The molecule has 1 saturated carbocycles. The lowest BCUT2D eigenvalue weighted by atomic mass is 9.88. The van der Waals surface area contributed by atoms with Crippen molar-refractivity contribution in [3.8, 4) is 0 Å². The third-order valence-corrected chi connectivity index (χ3v) is 7.54. The lowest BCUT2D eigenvalue weighted by Gasteiger charge is -2.35. The van der Waals surface area contributed by atoms with Crippen molar-refractivity contribution in [2.24, 2.45) is 5.92 Å². The number of carbonyl (C=O) groups excluding carboxylic acids is 2. The van der Waals surface area contributed by atoms with Gasteiger partial charge in [-0.2, -0.15) is 0 Å². The van der Waals surface area contributed by atoms with Crippen LogP contribution in [0.3, 0.4) is 0 Å². The van der Waals surface area contributed by atoms with Gasteiger partial charge in [0.2, 0.25) is 5.91 Å². The first-order valence-electron chi connectivity index (χ1n) is 10.7. The van der Waals surface area contributed by atoms with Gasteiger partial charge in [0.05, 0.1) is 5.37 Å². The Labute approximate surface area is 185 Å². The highest BCUT2D eigenvalue weighted by atomic mass is 32.2. The molecule has 2 unspecified atom stereocenters. The van der Waals surface area contributed by atoms with Crippen LogP contribution in [0.1, 0.15) is 48.0 Å². The summed E-state index contributed by atoms with van der Waals surface area (Å²) in [5, 5.41) is 2.80. The van der Waals surface area contributed by atoms with Gasteiger partial charge in [0.15, 0.2) is 0 Å². The first-order valence-corrected chi connectivity index (χ1v) is 11.8. The van der Waals surface area contributed by atoms with E-state index in [0.29, 0.717) is 11.7 Å². The van der Waals surface area contributed by atoms with Gasteiger partial charge in [0, 0.05) is 17.9 Å². The van der Waals surface area contributed by atoms with Crippen LogP contribution in [-0.4, -0.2) is 33.9 Å². The minimum Gasteiger partial charge on any atom is -0.350 e. The Hall–Kier alpha value is -2.41. The van der Waals surface area contributed by atoms with E-state index in [1.807, 2.05) is 0 Å². The normalized spacial score (nSPS) is 21.8. The number of nitrogens with one attached hydrogen (secondary N) is 1. The Bertz CT molecular complexity index is 931. The van der Waals surface area contributed by atoms with Gasteiger partial charge >= 0.3 is 0 Å². The molecule has 1 saturated heterocycles. The molecule has 0 spiro atoms. The van der Waals surface area contributed by atoms with Crippen molar-refractivity contribution in [1.29, 1.82) is 0 Å². The van der Waals surface area contributed by atoms with Crippen LogP contribution >= 0.6 is 11.8 Å². The first kappa shape index (κ1) is 21.8. The van der Waals surface area contributed by atoms with Gasteiger partial charge < -0.3 is 10.2 Å². The number of carbonyl (C=O) groups is 2. The predicted molar refractivity (Wildman–Crippen MR) is 117 cm³/mol. The van der Waals surface area contributed by atoms with Gasteiger partial charge in [-0.25, -0.2) is 8.78 Å². The fourth-order valence-electron chi connectivity index (χ4n) is 4.45. The molecule has 1 aliphatic carbocycles. The molecule has 0 aromatic heterocycles. The summed E-state index contributed by atoms with van der Waals surface area (Å²) in [6, 6.07) is 11.0. The summed E-state index contributed by atoms with van der Waals surface area (Å²) in [5.41, 5.74) is 1.05. The molecule has 2 aliphatic rings. The summed E-state index contributed by atoms with van der Waals surface area (Å²) in [5.74, 6) is -0.487. The Balaban J connectivity index is 1.53. The Morgan fingerprint density at radius 1 is 1.00 bits per heavy atom. The number of benzene rings is 2. The summed E-state index contributed by atoms with van der Waals surface area (Å²) in [6.07, 6.45) is 5.53. The quantitative estimate of drug-likeness (QED) is 0.724. The average Bonchev–Trinajstić information content (AvgIpc) is 3.24. The lowest BCUT2D eigenvalue weighted by molar-refractivity contribution is -0.125. The highest BCUT2D eigenvalue weighted by Crippen LogP contribution is 2.41. The summed E-state index contributed by atoms with van der Waals surface area (Å²) in [7, 11) is 0. The van der Waals surface area contributed by atoms with Crippen LogP contribution < -0.4 is 5.32 Å². The van der Waals surface area contributed by atoms with Crippen LogP contribution in [0.4, 0.5) is 8.78 Å². The van der Waals surface area contributed by atoms with Crippen molar-refractivity contribution in [2.45, 2.75) is 50.1 Å². The lowest BCUT2D eigenvalue weighted by Crippen LogP contribution is -2.51. The minimum atomic E-state index is -0.617. The van der Waals surface area contributed by atoms with Crippen LogP contribution in [0.15, 0.2) is 48.5 Å². The maximum absolute atomic E-state index is 13.8. The standard InChI is InChI=1S/C24H26F2N2O2S/c25-19-11-9-16(10-12-19)14-27-22(29)21-15-31-24(17-5-2-1-3-6-17)28(21)23(30)18-7-4-8-20(26)13-18/h4,7-13,17,21,24H,1-3,5-6,14-15H2,(H,27,29). The van der Waals surface area contributed by atoms with Crippen LogP contribution in [0.5, 0.6) is 0 Å². The molecule has 0 radical (unpaired) electrons. The number of thioether (sulfide) groups is 1. The number of halogens is 2. The summed E-state index contributed by atoms with van der Waals surface area (Å²) < 4.78 is 26.9. The topological polar surface area (TPSA) is 49.4 Å². The summed E-state index contributed by atoms with van der Waals surface area (Å²) in [4.78, 5) is 28.1. The van der Waals surface area contributed by atoms with Gasteiger partial charge in [-0.05, 0) is 54.7 Å². The average molecular weight is 445 g/mol. The molecule has 2 aromatic carbocycles. The minimum absolute atomic E-state index is 0.0855. The third kappa shape index (κ3) is 5.09. The van der Waals surface area contributed by atoms with E-state index in [4.69, 9.17) is 0 Å². The van der Waals surface area contributed by atoms with Gasteiger partial charge in [-0.3, -0.25) is 9.59 Å². The number of rotatable bonds is 5. The smallest absolute Gasteiger partial charge is 0.255 e. The Morgan fingerprint density at radius 2 is 1.74 bits per heavy atom. The molecule has 2 aromatic rings. The molecule has 2 amide bonds. The molecule has 2 atom stereocenters. The van der Waals surface area contributed by atoms with Crippen LogP contribution in [-0.2, 0) is 11.3 Å². The van der Waals surface area contributed by atoms with Gasteiger partial charge in [-0.15, -0.1) is 11.8 Å². The van der Waals surface area contributed by atoms with Crippen molar-refractivity contribution >= 4 is 23.6 Å². The van der Waals surface area contributed by atoms with Gasteiger partial charge in [-0.1, -0.05) is 37.5 Å². The molecule has 4 rings (SSSR count). The molecule has 4 nitrogen and oxygen atoms in total. The zero-order chi connectivity index (χ0) is 21.8. The summed E-state index contributed by atoms with van der Waals surface area (Å²) >= 11 is 1.65. The number of amides is 2. The number of hydrogen-bond acceptors (Lipinski definition) is 3. The molecule has 31 heavy (non-hydrogen) atoms.